The van der Waals surface area contributed by atoms with Crippen LogP contribution in [0.5, 0.6) is 0 Å². The predicted octanol–water partition coefficient (Wildman–Crippen LogP) is -0.259. The molecule has 0 bridgehead atoms. The smallest absolute Gasteiger partial charge is 0.369 e. The number of unbranched alkanes of at least 4 members (excludes halogenated alkanes) is 1. The summed E-state index contributed by atoms with van der Waals surface area (Å²) in [5, 5.41) is 2.71. The van der Waals surface area contributed by atoms with Crippen LogP contribution in [-0.2, 0) is 9.30 Å². The molecule has 1 aliphatic rings. The van der Waals surface area contributed by atoms with Gasteiger partial charge in [0.1, 0.15) is 12.4 Å². The van der Waals surface area contributed by atoms with E-state index in [0.717, 1.165) is 0 Å². The van der Waals surface area contributed by atoms with Crippen molar-refractivity contribution >= 4 is 25.0 Å². The van der Waals surface area contributed by atoms with Gasteiger partial charge >= 0.3 is 13.3 Å². The SMILES string of the molecule is Nc1nc2c(c(=O)[nH]1)NC(N)N2COCCCCC(F)(F)P(=O)(O)O. The second-order valence-corrected chi connectivity index (χ2v) is 7.16. The summed E-state index contributed by atoms with van der Waals surface area (Å²) in [6.07, 6.45) is -1.69. The molecule has 0 radical (unpaired) electrons. The van der Waals surface area contributed by atoms with Gasteiger partial charge in [-0.1, -0.05) is 0 Å². The van der Waals surface area contributed by atoms with E-state index < -0.39 is 31.5 Å². The van der Waals surface area contributed by atoms with Crippen molar-refractivity contribution in [3.8, 4) is 0 Å². The van der Waals surface area contributed by atoms with E-state index in [4.69, 9.17) is 26.0 Å². The van der Waals surface area contributed by atoms with Crippen molar-refractivity contribution in [3.05, 3.63) is 10.4 Å². The molecule has 0 spiro atoms. The highest BCUT2D eigenvalue weighted by Gasteiger charge is 2.47. The van der Waals surface area contributed by atoms with E-state index >= 15 is 0 Å². The molecule has 0 fully saturated rings. The van der Waals surface area contributed by atoms with Crippen molar-refractivity contribution in [2.75, 3.05) is 29.3 Å². The van der Waals surface area contributed by atoms with Crippen molar-refractivity contribution < 1.29 is 27.9 Å². The Kier molecular flexibility index (Phi) is 5.64. The minimum Gasteiger partial charge on any atom is -0.369 e. The Labute approximate surface area is 140 Å². The number of anilines is 3. The van der Waals surface area contributed by atoms with Crippen molar-refractivity contribution in [2.24, 2.45) is 5.73 Å². The molecular formula is C11H19F2N6O5P. The third-order valence-electron chi connectivity index (χ3n) is 3.49. The first-order valence-electron chi connectivity index (χ1n) is 7.23. The van der Waals surface area contributed by atoms with Crippen molar-refractivity contribution in [1.82, 2.24) is 9.97 Å². The van der Waals surface area contributed by atoms with E-state index in [9.17, 15) is 18.1 Å². The number of alkyl halides is 2. The second kappa shape index (κ2) is 7.22. The molecule has 1 aromatic rings. The zero-order chi connectivity index (χ0) is 18.8. The van der Waals surface area contributed by atoms with Gasteiger partial charge in [-0.15, -0.1) is 0 Å². The molecule has 0 aromatic carbocycles. The van der Waals surface area contributed by atoms with Crippen LogP contribution in [0, 0.1) is 0 Å². The number of H-pyrrole nitrogens is 1. The molecule has 2 rings (SSSR count). The highest BCUT2D eigenvalue weighted by molar-refractivity contribution is 7.53. The zero-order valence-corrected chi connectivity index (χ0v) is 13.9. The lowest BCUT2D eigenvalue weighted by Crippen LogP contribution is -2.44. The third-order valence-corrected chi connectivity index (χ3v) is 4.57. The molecule has 0 amide bonds. The highest BCUT2D eigenvalue weighted by Crippen LogP contribution is 2.55. The maximum atomic E-state index is 13.1. The van der Waals surface area contributed by atoms with Gasteiger partial charge in [0.25, 0.3) is 5.56 Å². The van der Waals surface area contributed by atoms with Crippen LogP contribution in [0.4, 0.5) is 26.2 Å². The number of nitrogen functional groups attached to an aromatic ring is 1. The van der Waals surface area contributed by atoms with Crippen LogP contribution in [0.15, 0.2) is 4.79 Å². The molecule has 1 aromatic heterocycles. The van der Waals surface area contributed by atoms with Crippen LogP contribution in [0.25, 0.3) is 0 Å². The van der Waals surface area contributed by atoms with Crippen molar-refractivity contribution in [2.45, 2.75) is 31.2 Å². The van der Waals surface area contributed by atoms with Crippen LogP contribution >= 0.6 is 7.60 Å². The van der Waals surface area contributed by atoms with Crippen LogP contribution in [-0.4, -0.2) is 45.0 Å². The minimum absolute atomic E-state index is 0.0501. The Hall–Kier alpha value is -1.79. The fourth-order valence-electron chi connectivity index (χ4n) is 2.17. The van der Waals surface area contributed by atoms with Crippen molar-refractivity contribution in [3.63, 3.8) is 0 Å². The summed E-state index contributed by atoms with van der Waals surface area (Å²) in [6.45, 7) is -0.0274. The normalized spacial score (nSPS) is 17.5. The van der Waals surface area contributed by atoms with Gasteiger partial charge < -0.3 is 25.6 Å². The molecule has 1 atom stereocenters. The fourth-order valence-corrected chi connectivity index (χ4v) is 2.61. The van der Waals surface area contributed by atoms with Crippen LogP contribution in [0.2, 0.25) is 0 Å². The monoisotopic (exact) mass is 384 g/mol. The van der Waals surface area contributed by atoms with Gasteiger partial charge in [0.05, 0.1) is 0 Å². The molecule has 0 saturated carbocycles. The molecule has 1 aliphatic heterocycles. The summed E-state index contributed by atoms with van der Waals surface area (Å²) >= 11 is 0. The van der Waals surface area contributed by atoms with Crippen LogP contribution in [0.3, 0.4) is 0 Å². The number of ether oxygens (including phenoxy) is 1. The molecule has 25 heavy (non-hydrogen) atoms. The second-order valence-electron chi connectivity index (χ2n) is 5.41. The molecule has 0 saturated heterocycles. The lowest BCUT2D eigenvalue weighted by Gasteiger charge is -2.22. The number of halogens is 2. The number of aromatic nitrogens is 2. The number of nitrogens with zero attached hydrogens (tertiary/aromatic N) is 2. The summed E-state index contributed by atoms with van der Waals surface area (Å²) in [5.74, 6) is 0.117. The molecule has 14 heteroatoms. The summed E-state index contributed by atoms with van der Waals surface area (Å²) < 4.78 is 42.1. The lowest BCUT2D eigenvalue weighted by molar-refractivity contribution is 0.0440. The van der Waals surface area contributed by atoms with E-state index in [1.54, 1.807) is 0 Å². The molecule has 0 aliphatic carbocycles. The quantitative estimate of drug-likeness (QED) is 0.258. The Balaban J connectivity index is 1.80. The maximum absolute atomic E-state index is 13.1. The number of aromatic amines is 1. The van der Waals surface area contributed by atoms with Gasteiger partial charge in [-0.3, -0.25) is 25.0 Å². The topological polar surface area (TPSA) is 180 Å². The average molecular weight is 384 g/mol. The van der Waals surface area contributed by atoms with Gasteiger partial charge in [-0.2, -0.15) is 13.8 Å². The van der Waals surface area contributed by atoms with Crippen LogP contribution in [0.1, 0.15) is 19.3 Å². The van der Waals surface area contributed by atoms with E-state index in [0.29, 0.717) is 0 Å². The third kappa shape index (κ3) is 4.44. The minimum atomic E-state index is -5.46. The largest absolute Gasteiger partial charge is 0.394 e. The maximum Gasteiger partial charge on any atom is 0.394 e. The molecular weight excluding hydrogens is 365 g/mol. The van der Waals surface area contributed by atoms with Gasteiger partial charge in [0.15, 0.2) is 12.1 Å². The molecule has 2 heterocycles. The molecule has 142 valence electrons. The highest BCUT2D eigenvalue weighted by atomic mass is 31.2. The summed E-state index contributed by atoms with van der Waals surface area (Å²) in [4.78, 5) is 36.4. The standard InChI is InChI=1S/C11H19F2N6O5P/c12-11(13,25(21,22)23)3-1-2-4-24-5-19-7-6(16-10(19)15)8(20)18-9(14)17-7/h10,16H,1-5,15H2,(H2,21,22,23)(H3,14,17,18,20). The average Bonchev–Trinajstić information content (AvgIpc) is 2.78. The molecule has 8 N–H and O–H groups in total. The Bertz CT molecular complexity index is 725. The fraction of sp³-hybridized carbons (Fsp3) is 0.636. The summed E-state index contributed by atoms with van der Waals surface area (Å²) in [7, 11) is -5.46. The Morgan fingerprint density at radius 1 is 1.40 bits per heavy atom. The number of nitrogens with one attached hydrogen (secondary N) is 2. The van der Waals surface area contributed by atoms with Gasteiger partial charge in [-0.05, 0) is 12.8 Å². The van der Waals surface area contributed by atoms with E-state index in [1.165, 1.54) is 4.90 Å². The van der Waals surface area contributed by atoms with Gasteiger partial charge in [-0.25, -0.2) is 0 Å². The van der Waals surface area contributed by atoms with Gasteiger partial charge in [0, 0.05) is 13.0 Å². The van der Waals surface area contributed by atoms with E-state index in [1.807, 2.05) is 0 Å². The van der Waals surface area contributed by atoms with Crippen molar-refractivity contribution in [1.29, 1.82) is 0 Å². The van der Waals surface area contributed by atoms with Gasteiger partial charge in [0.2, 0.25) is 5.95 Å². The van der Waals surface area contributed by atoms with E-state index in [-0.39, 0.29) is 43.6 Å². The number of hydrogen-bond acceptors (Lipinski definition) is 8. The number of rotatable bonds is 8. The molecule has 11 nitrogen and oxygen atoms in total. The molecule has 1 unspecified atom stereocenters. The summed E-state index contributed by atoms with van der Waals surface area (Å²) in [6, 6.07) is 0. The number of nitrogens with two attached hydrogens (primary N) is 2. The number of fused-ring (bicyclic) bond motifs is 1. The first-order valence-corrected chi connectivity index (χ1v) is 8.84. The predicted molar refractivity (Wildman–Crippen MR) is 85.0 cm³/mol. The Morgan fingerprint density at radius 2 is 2.08 bits per heavy atom. The first kappa shape index (κ1) is 19.5. The summed E-state index contributed by atoms with van der Waals surface area (Å²) in [5.41, 5.74) is 6.89. The lowest BCUT2D eigenvalue weighted by atomic mass is 10.2. The Morgan fingerprint density at radius 3 is 2.72 bits per heavy atom. The van der Waals surface area contributed by atoms with Crippen LogP contribution < -0.4 is 27.2 Å². The number of hydrogen-bond donors (Lipinski definition) is 6. The zero-order valence-electron chi connectivity index (χ0n) is 13.0. The van der Waals surface area contributed by atoms with E-state index in [2.05, 4.69) is 15.3 Å². The first-order chi connectivity index (χ1) is 11.5.